The van der Waals surface area contributed by atoms with Crippen molar-refractivity contribution in [1.29, 1.82) is 0 Å². The van der Waals surface area contributed by atoms with Crippen molar-refractivity contribution in [2.24, 2.45) is 5.73 Å². The smallest absolute Gasteiger partial charge is 0.248 e. The van der Waals surface area contributed by atoms with Crippen LogP contribution in [0, 0.1) is 0 Å². The first-order valence-corrected chi connectivity index (χ1v) is 9.22. The van der Waals surface area contributed by atoms with Crippen LogP contribution in [0.1, 0.15) is 21.5 Å². The summed E-state index contributed by atoms with van der Waals surface area (Å²) in [7, 11) is -3.68. The Kier molecular flexibility index (Phi) is 5.10. The molecule has 1 amide bonds. The van der Waals surface area contributed by atoms with Crippen molar-refractivity contribution in [3.05, 3.63) is 77.9 Å². The average Bonchev–Trinajstić information content (AvgIpc) is 3.14. The molecule has 1 aromatic heterocycles. The zero-order chi connectivity index (χ0) is 18.6. The molecular formula is C17H17N5O3S. The molecule has 3 rings (SSSR count). The van der Waals surface area contributed by atoms with Crippen LogP contribution in [0.2, 0.25) is 0 Å². The lowest BCUT2D eigenvalue weighted by molar-refractivity contribution is 0.1000. The highest BCUT2D eigenvalue weighted by Gasteiger charge is 2.14. The largest absolute Gasteiger partial charge is 0.366 e. The van der Waals surface area contributed by atoms with E-state index in [1.54, 1.807) is 11.0 Å². The summed E-state index contributed by atoms with van der Waals surface area (Å²) in [6, 6.07) is 13.0. The third-order valence-electron chi connectivity index (χ3n) is 3.75. The molecule has 1 heterocycles. The summed E-state index contributed by atoms with van der Waals surface area (Å²) in [4.78, 5) is 15.0. The topological polar surface area (TPSA) is 120 Å². The molecule has 134 valence electrons. The van der Waals surface area contributed by atoms with Gasteiger partial charge in [0.05, 0.1) is 11.4 Å². The molecule has 0 aliphatic carbocycles. The second-order valence-electron chi connectivity index (χ2n) is 5.62. The molecule has 0 saturated carbocycles. The van der Waals surface area contributed by atoms with E-state index in [0.717, 1.165) is 11.1 Å². The summed E-state index contributed by atoms with van der Waals surface area (Å²) in [5, 5.41) is 4.04. The fraction of sp³-hybridized carbons (Fsp3) is 0.118. The summed E-state index contributed by atoms with van der Waals surface area (Å²) in [5.41, 5.74) is 7.26. The Balaban J connectivity index is 1.63. The minimum atomic E-state index is -3.68. The first-order chi connectivity index (χ1) is 12.4. The first kappa shape index (κ1) is 17.8. The van der Waals surface area contributed by atoms with Crippen LogP contribution in [0.5, 0.6) is 0 Å². The molecule has 3 N–H and O–H groups in total. The number of aromatic nitrogens is 3. The van der Waals surface area contributed by atoms with Crippen LogP contribution in [0.3, 0.4) is 0 Å². The van der Waals surface area contributed by atoms with Crippen molar-refractivity contribution >= 4 is 15.9 Å². The number of primary amides is 1. The molecule has 0 fully saturated rings. The zero-order valence-corrected chi connectivity index (χ0v) is 14.6. The van der Waals surface area contributed by atoms with Crippen molar-refractivity contribution in [2.45, 2.75) is 18.0 Å². The maximum absolute atomic E-state index is 12.3. The monoisotopic (exact) mass is 371 g/mol. The van der Waals surface area contributed by atoms with Crippen LogP contribution >= 0.6 is 0 Å². The molecular weight excluding hydrogens is 354 g/mol. The van der Waals surface area contributed by atoms with E-state index >= 15 is 0 Å². The van der Waals surface area contributed by atoms with Crippen molar-refractivity contribution in [1.82, 2.24) is 19.5 Å². The summed E-state index contributed by atoms with van der Waals surface area (Å²) < 4.78 is 28.9. The number of nitrogens with one attached hydrogen (secondary N) is 1. The molecule has 9 heteroatoms. The van der Waals surface area contributed by atoms with Gasteiger partial charge in [-0.1, -0.05) is 24.3 Å². The second-order valence-corrected chi connectivity index (χ2v) is 7.39. The summed E-state index contributed by atoms with van der Waals surface area (Å²) >= 11 is 0. The maximum Gasteiger partial charge on any atom is 0.248 e. The summed E-state index contributed by atoms with van der Waals surface area (Å²) in [6.45, 7) is 0.752. The molecule has 3 aromatic rings. The number of nitrogens with two attached hydrogens (primary N) is 1. The van der Waals surface area contributed by atoms with Gasteiger partial charge in [0.15, 0.2) is 0 Å². The predicted molar refractivity (Wildman–Crippen MR) is 94.6 cm³/mol. The Hall–Kier alpha value is -3.04. The molecule has 8 nitrogen and oxygen atoms in total. The van der Waals surface area contributed by atoms with E-state index in [1.165, 1.54) is 30.6 Å². The highest BCUT2D eigenvalue weighted by Crippen LogP contribution is 2.12. The number of nitrogens with zero attached hydrogens (tertiary/aromatic N) is 3. The maximum atomic E-state index is 12.3. The molecule has 0 aliphatic heterocycles. The average molecular weight is 371 g/mol. The number of carbonyl (C=O) groups is 1. The van der Waals surface area contributed by atoms with Crippen LogP contribution in [-0.2, 0) is 23.1 Å². The first-order valence-electron chi connectivity index (χ1n) is 7.74. The van der Waals surface area contributed by atoms with E-state index in [2.05, 4.69) is 14.8 Å². The third kappa shape index (κ3) is 4.32. The molecule has 0 saturated heterocycles. The Labute approximate surface area is 150 Å². The molecule has 0 bridgehead atoms. The molecule has 0 atom stereocenters. The van der Waals surface area contributed by atoms with Crippen molar-refractivity contribution in [2.75, 3.05) is 0 Å². The number of amides is 1. The van der Waals surface area contributed by atoms with Crippen molar-refractivity contribution in [3.8, 4) is 0 Å². The molecule has 26 heavy (non-hydrogen) atoms. The van der Waals surface area contributed by atoms with Gasteiger partial charge in [-0.05, 0) is 35.4 Å². The molecule has 0 aliphatic rings. The van der Waals surface area contributed by atoms with Gasteiger partial charge in [-0.2, -0.15) is 5.10 Å². The summed E-state index contributed by atoms with van der Waals surface area (Å²) in [5.74, 6) is -0.604. The quantitative estimate of drug-likeness (QED) is 0.639. The van der Waals surface area contributed by atoms with Crippen molar-refractivity contribution < 1.29 is 13.2 Å². The van der Waals surface area contributed by atoms with Gasteiger partial charge in [0.1, 0.15) is 12.7 Å². The number of rotatable bonds is 7. The lowest BCUT2D eigenvalue weighted by Gasteiger charge is -2.08. The lowest BCUT2D eigenvalue weighted by atomic mass is 10.1. The highest BCUT2D eigenvalue weighted by atomic mass is 32.2. The number of sulfonamides is 1. The fourth-order valence-electron chi connectivity index (χ4n) is 2.32. The predicted octanol–water partition coefficient (Wildman–Crippen LogP) is 0.904. The molecule has 0 radical (unpaired) electrons. The van der Waals surface area contributed by atoms with Gasteiger partial charge in [-0.25, -0.2) is 22.8 Å². The zero-order valence-electron chi connectivity index (χ0n) is 13.7. The molecule has 0 unspecified atom stereocenters. The van der Waals surface area contributed by atoms with Gasteiger partial charge in [0.2, 0.25) is 15.9 Å². The minimum absolute atomic E-state index is 0.0744. The number of benzene rings is 2. The number of hydrogen-bond donors (Lipinski definition) is 2. The number of carbonyl (C=O) groups excluding carboxylic acids is 1. The Morgan fingerprint density at radius 2 is 1.69 bits per heavy atom. The summed E-state index contributed by atoms with van der Waals surface area (Å²) in [6.07, 6.45) is 3.10. The van der Waals surface area contributed by atoms with Crippen molar-refractivity contribution in [3.63, 3.8) is 0 Å². The third-order valence-corrected chi connectivity index (χ3v) is 5.17. The van der Waals surface area contributed by atoms with Crippen LogP contribution < -0.4 is 10.5 Å². The van der Waals surface area contributed by atoms with Gasteiger partial charge in [0, 0.05) is 12.1 Å². The van der Waals surface area contributed by atoms with Gasteiger partial charge in [0.25, 0.3) is 0 Å². The van der Waals surface area contributed by atoms with E-state index in [9.17, 15) is 13.2 Å². The van der Waals surface area contributed by atoms with E-state index in [4.69, 9.17) is 5.73 Å². The van der Waals surface area contributed by atoms with Crippen LogP contribution in [0.25, 0.3) is 0 Å². The lowest BCUT2D eigenvalue weighted by Crippen LogP contribution is -2.23. The van der Waals surface area contributed by atoms with Crippen LogP contribution in [0.4, 0.5) is 0 Å². The Morgan fingerprint density at radius 1 is 1.04 bits per heavy atom. The standard InChI is InChI=1S/C17H17N5O3S/c18-17(23)15-5-7-16(8-6-15)26(24,25)21-9-13-1-3-14(4-2-13)10-22-12-19-11-20-22/h1-8,11-12,21H,9-10H2,(H2,18,23). The van der Waals surface area contributed by atoms with E-state index in [-0.39, 0.29) is 17.0 Å². The normalized spacial score (nSPS) is 11.4. The van der Waals surface area contributed by atoms with E-state index in [0.29, 0.717) is 6.54 Å². The fourth-order valence-corrected chi connectivity index (χ4v) is 3.34. The Morgan fingerprint density at radius 3 is 2.27 bits per heavy atom. The van der Waals surface area contributed by atoms with Gasteiger partial charge >= 0.3 is 0 Å². The van der Waals surface area contributed by atoms with E-state index < -0.39 is 15.9 Å². The second kappa shape index (κ2) is 7.46. The highest BCUT2D eigenvalue weighted by molar-refractivity contribution is 7.89. The van der Waals surface area contributed by atoms with Gasteiger partial charge in [-0.15, -0.1) is 0 Å². The molecule has 0 spiro atoms. The van der Waals surface area contributed by atoms with Gasteiger partial charge < -0.3 is 5.73 Å². The van der Waals surface area contributed by atoms with Gasteiger partial charge in [-0.3, -0.25) is 4.79 Å². The van der Waals surface area contributed by atoms with Crippen LogP contribution in [0.15, 0.2) is 66.1 Å². The van der Waals surface area contributed by atoms with E-state index in [1.807, 2.05) is 24.3 Å². The van der Waals surface area contributed by atoms with Crippen LogP contribution in [-0.4, -0.2) is 29.1 Å². The number of hydrogen-bond acceptors (Lipinski definition) is 5. The SMILES string of the molecule is NC(=O)c1ccc(S(=O)(=O)NCc2ccc(Cn3cncn3)cc2)cc1. The minimum Gasteiger partial charge on any atom is -0.366 e. The molecule has 2 aromatic carbocycles. The Bertz CT molecular complexity index is 982.